The number of aromatic nitrogens is 2. The topological polar surface area (TPSA) is 68.5 Å². The summed E-state index contributed by atoms with van der Waals surface area (Å²) in [6, 6.07) is 11.7. The number of thiophene rings is 1. The molecule has 128 valence electrons. The van der Waals surface area contributed by atoms with Crippen molar-refractivity contribution < 1.29 is 14.1 Å². The zero-order valence-corrected chi connectivity index (χ0v) is 14.5. The molecule has 4 rings (SSSR count). The summed E-state index contributed by atoms with van der Waals surface area (Å²) in [5, 5.41) is 6.01. The number of rotatable bonds is 5. The van der Waals surface area contributed by atoms with Crippen molar-refractivity contribution in [1.29, 1.82) is 0 Å². The zero-order valence-electron chi connectivity index (χ0n) is 13.7. The summed E-state index contributed by atoms with van der Waals surface area (Å²) >= 11 is 1.57. The SMILES string of the molecule is COc1ccc(CN2C[C@H](c3nc(-c4cccs4)no3)CC2=O)cc1. The van der Waals surface area contributed by atoms with E-state index in [9.17, 15) is 4.79 Å². The molecule has 2 aromatic heterocycles. The smallest absolute Gasteiger partial charge is 0.232 e. The highest BCUT2D eigenvalue weighted by Gasteiger charge is 2.34. The minimum absolute atomic E-state index is 0.0491. The van der Waals surface area contributed by atoms with E-state index in [1.807, 2.05) is 46.7 Å². The van der Waals surface area contributed by atoms with Crippen molar-refractivity contribution in [1.82, 2.24) is 15.0 Å². The normalized spacial score (nSPS) is 17.2. The quantitative estimate of drug-likeness (QED) is 0.702. The molecule has 6 nitrogen and oxygen atoms in total. The third-order valence-electron chi connectivity index (χ3n) is 4.28. The highest BCUT2D eigenvalue weighted by atomic mass is 32.1. The summed E-state index contributed by atoms with van der Waals surface area (Å²) < 4.78 is 10.6. The number of hydrogen-bond donors (Lipinski definition) is 0. The first-order valence-electron chi connectivity index (χ1n) is 8.01. The van der Waals surface area contributed by atoms with Gasteiger partial charge in [-0.25, -0.2) is 0 Å². The number of nitrogens with zero attached hydrogens (tertiary/aromatic N) is 3. The van der Waals surface area contributed by atoms with E-state index in [1.54, 1.807) is 18.4 Å². The van der Waals surface area contributed by atoms with Gasteiger partial charge in [0.15, 0.2) is 0 Å². The Morgan fingerprint density at radius 3 is 2.88 bits per heavy atom. The Hall–Kier alpha value is -2.67. The molecular weight excluding hydrogens is 338 g/mol. The van der Waals surface area contributed by atoms with Crippen LogP contribution in [-0.2, 0) is 11.3 Å². The molecule has 1 saturated heterocycles. The molecule has 3 aromatic rings. The van der Waals surface area contributed by atoms with Crippen LogP contribution in [0.1, 0.15) is 23.8 Å². The Bertz CT molecular complexity index is 858. The molecule has 0 N–H and O–H groups in total. The van der Waals surface area contributed by atoms with Gasteiger partial charge >= 0.3 is 0 Å². The summed E-state index contributed by atoms with van der Waals surface area (Å²) in [4.78, 5) is 19.6. The fourth-order valence-corrected chi connectivity index (χ4v) is 3.60. The predicted octanol–water partition coefficient (Wildman–Crippen LogP) is 3.32. The molecule has 25 heavy (non-hydrogen) atoms. The number of benzene rings is 1. The third kappa shape index (κ3) is 3.28. The first-order valence-corrected chi connectivity index (χ1v) is 8.89. The van der Waals surface area contributed by atoms with E-state index in [1.165, 1.54) is 0 Å². The van der Waals surface area contributed by atoms with Gasteiger partial charge in [0.25, 0.3) is 0 Å². The summed E-state index contributed by atoms with van der Waals surface area (Å²) in [7, 11) is 1.64. The number of carbonyl (C=O) groups excluding carboxylic acids is 1. The number of methoxy groups -OCH3 is 1. The van der Waals surface area contributed by atoms with Crippen LogP contribution in [0.15, 0.2) is 46.3 Å². The molecule has 1 fully saturated rings. The van der Waals surface area contributed by atoms with Crippen molar-refractivity contribution in [2.24, 2.45) is 0 Å². The molecule has 3 heterocycles. The number of ether oxygens (including phenoxy) is 1. The Balaban J connectivity index is 1.44. The van der Waals surface area contributed by atoms with Crippen molar-refractivity contribution in [2.75, 3.05) is 13.7 Å². The molecule has 0 spiro atoms. The van der Waals surface area contributed by atoms with E-state index in [2.05, 4.69) is 10.1 Å². The molecule has 1 aliphatic rings. The average Bonchev–Trinajstić information content (AvgIpc) is 3.36. The zero-order chi connectivity index (χ0) is 17.2. The molecule has 0 saturated carbocycles. The van der Waals surface area contributed by atoms with Gasteiger partial charge in [-0.15, -0.1) is 11.3 Å². The Kier molecular flexibility index (Phi) is 4.23. The highest BCUT2D eigenvalue weighted by Crippen LogP contribution is 2.30. The molecule has 1 amide bonds. The maximum Gasteiger partial charge on any atom is 0.232 e. The molecule has 0 radical (unpaired) electrons. The lowest BCUT2D eigenvalue weighted by atomic mass is 10.1. The van der Waals surface area contributed by atoms with Crippen LogP contribution in [0, 0.1) is 0 Å². The van der Waals surface area contributed by atoms with Crippen molar-refractivity contribution in [3.63, 3.8) is 0 Å². The first kappa shape index (κ1) is 15.8. The van der Waals surface area contributed by atoms with Crippen molar-refractivity contribution >= 4 is 17.2 Å². The summed E-state index contributed by atoms with van der Waals surface area (Å²) in [5.41, 5.74) is 1.07. The second kappa shape index (κ2) is 6.68. The monoisotopic (exact) mass is 355 g/mol. The molecular formula is C18H17N3O3S. The first-order chi connectivity index (χ1) is 12.2. The van der Waals surface area contributed by atoms with Crippen molar-refractivity contribution in [3.05, 3.63) is 53.2 Å². The summed E-state index contributed by atoms with van der Waals surface area (Å²) in [6.45, 7) is 1.17. The van der Waals surface area contributed by atoms with Gasteiger partial charge in [-0.3, -0.25) is 4.79 Å². The number of hydrogen-bond acceptors (Lipinski definition) is 6. The Morgan fingerprint density at radius 2 is 2.16 bits per heavy atom. The minimum Gasteiger partial charge on any atom is -0.497 e. The van der Waals surface area contributed by atoms with Crippen molar-refractivity contribution in [3.8, 4) is 16.5 Å². The van der Waals surface area contributed by atoms with Crippen LogP contribution >= 0.6 is 11.3 Å². The molecule has 0 bridgehead atoms. The lowest BCUT2D eigenvalue weighted by Gasteiger charge is -2.16. The maximum atomic E-state index is 12.3. The highest BCUT2D eigenvalue weighted by molar-refractivity contribution is 7.13. The van der Waals surface area contributed by atoms with Gasteiger partial charge in [-0.2, -0.15) is 4.98 Å². The van der Waals surface area contributed by atoms with Crippen LogP contribution in [0.4, 0.5) is 0 Å². The molecule has 1 atom stereocenters. The van der Waals surface area contributed by atoms with Crippen LogP contribution in [0.5, 0.6) is 5.75 Å². The lowest BCUT2D eigenvalue weighted by Crippen LogP contribution is -2.24. The van der Waals surface area contributed by atoms with E-state index >= 15 is 0 Å². The number of likely N-dealkylation sites (tertiary alicyclic amines) is 1. The standard InChI is InChI=1S/C18H17N3O3S/c1-23-14-6-4-12(5-7-14)10-21-11-13(9-16(21)22)18-19-17(20-24-18)15-3-2-8-25-15/h2-8,13H,9-11H2,1H3/t13-/m1/s1. The van der Waals surface area contributed by atoms with Crippen LogP contribution in [0.3, 0.4) is 0 Å². The lowest BCUT2D eigenvalue weighted by molar-refractivity contribution is -0.128. The minimum atomic E-state index is -0.0491. The average molecular weight is 355 g/mol. The largest absolute Gasteiger partial charge is 0.497 e. The number of amides is 1. The van der Waals surface area contributed by atoms with E-state index in [-0.39, 0.29) is 11.8 Å². The van der Waals surface area contributed by atoms with Crippen LogP contribution < -0.4 is 4.74 Å². The molecule has 1 aliphatic heterocycles. The fourth-order valence-electron chi connectivity index (χ4n) is 2.95. The second-order valence-corrected chi connectivity index (χ2v) is 6.90. The second-order valence-electron chi connectivity index (χ2n) is 5.96. The van der Waals surface area contributed by atoms with Crippen molar-refractivity contribution in [2.45, 2.75) is 18.9 Å². The van der Waals surface area contributed by atoms with Crippen LogP contribution in [0.2, 0.25) is 0 Å². The van der Waals surface area contributed by atoms with E-state index in [0.717, 1.165) is 16.2 Å². The van der Waals surface area contributed by atoms with E-state index in [0.29, 0.717) is 31.2 Å². The Morgan fingerprint density at radius 1 is 1.32 bits per heavy atom. The van der Waals surface area contributed by atoms with Gasteiger partial charge in [-0.05, 0) is 29.1 Å². The van der Waals surface area contributed by atoms with Gasteiger partial charge < -0.3 is 14.2 Å². The summed E-state index contributed by atoms with van der Waals surface area (Å²) in [5.74, 6) is 1.99. The molecule has 7 heteroatoms. The molecule has 1 aromatic carbocycles. The number of carbonyl (C=O) groups is 1. The van der Waals surface area contributed by atoms with E-state index < -0.39 is 0 Å². The Labute approximate surface area is 149 Å². The molecule has 0 unspecified atom stereocenters. The maximum absolute atomic E-state index is 12.3. The van der Waals surface area contributed by atoms with Gasteiger partial charge in [0.05, 0.1) is 17.9 Å². The predicted molar refractivity (Wildman–Crippen MR) is 93.4 cm³/mol. The molecule has 0 aliphatic carbocycles. The van der Waals surface area contributed by atoms with E-state index in [4.69, 9.17) is 9.26 Å². The van der Waals surface area contributed by atoms with Crippen LogP contribution in [0.25, 0.3) is 10.7 Å². The van der Waals surface area contributed by atoms with Gasteiger partial charge in [0.1, 0.15) is 5.75 Å². The van der Waals surface area contributed by atoms with Crippen LogP contribution in [-0.4, -0.2) is 34.6 Å². The van der Waals surface area contributed by atoms with Gasteiger partial charge in [-0.1, -0.05) is 23.4 Å². The summed E-state index contributed by atoms with van der Waals surface area (Å²) in [6.07, 6.45) is 0.405. The van der Waals surface area contributed by atoms with Gasteiger partial charge in [0, 0.05) is 19.5 Å². The van der Waals surface area contributed by atoms with Gasteiger partial charge in [0.2, 0.25) is 17.6 Å². The third-order valence-corrected chi connectivity index (χ3v) is 5.15. The fraction of sp³-hybridized carbons (Fsp3) is 0.278.